The maximum absolute atomic E-state index is 13.0. The minimum Gasteiger partial charge on any atom is -0.494 e. The summed E-state index contributed by atoms with van der Waals surface area (Å²) in [6.07, 6.45) is 0. The van der Waals surface area contributed by atoms with Gasteiger partial charge in [0.15, 0.2) is 11.6 Å². The van der Waals surface area contributed by atoms with Gasteiger partial charge in [-0.3, -0.25) is 0 Å². The second kappa shape index (κ2) is 4.93. The quantitative estimate of drug-likeness (QED) is 0.762. The molecule has 1 atom stereocenters. The molecule has 0 aliphatic carbocycles. The number of benzene rings is 1. The van der Waals surface area contributed by atoms with Gasteiger partial charge in [0.25, 0.3) is 0 Å². The Hall–Kier alpha value is -1.13. The van der Waals surface area contributed by atoms with Crippen molar-refractivity contribution in [2.24, 2.45) is 0 Å². The molecular weight excluding hydrogens is 185 g/mol. The molecule has 4 heteroatoms. The monoisotopic (exact) mass is 199 g/mol. The predicted molar refractivity (Wildman–Crippen MR) is 51.8 cm³/mol. The average Bonchev–Trinajstić information content (AvgIpc) is 2.22. The number of rotatable bonds is 4. The van der Waals surface area contributed by atoms with Crippen molar-refractivity contribution < 1.29 is 14.2 Å². The molecule has 0 aliphatic rings. The van der Waals surface area contributed by atoms with Gasteiger partial charge in [0.2, 0.25) is 0 Å². The molecule has 0 spiro atoms. The number of ether oxygens (including phenoxy) is 1. The Morgan fingerprint density at radius 2 is 2.29 bits per heavy atom. The van der Waals surface area contributed by atoms with Crippen molar-refractivity contribution in [1.82, 2.24) is 5.32 Å². The van der Waals surface area contributed by atoms with Crippen LogP contribution in [0, 0.1) is 5.82 Å². The molecule has 0 amide bonds. The smallest absolute Gasteiger partial charge is 0.165 e. The van der Waals surface area contributed by atoms with Gasteiger partial charge in [0.1, 0.15) is 0 Å². The summed E-state index contributed by atoms with van der Waals surface area (Å²) in [7, 11) is 3.15. The molecule has 0 aromatic heterocycles. The lowest BCUT2D eigenvalue weighted by molar-refractivity contribution is 0.250. The first kappa shape index (κ1) is 10.9. The lowest BCUT2D eigenvalue weighted by Gasteiger charge is -2.14. The van der Waals surface area contributed by atoms with Gasteiger partial charge in [-0.25, -0.2) is 4.39 Å². The molecule has 0 unspecified atom stereocenters. The van der Waals surface area contributed by atoms with E-state index in [0.717, 1.165) is 5.56 Å². The van der Waals surface area contributed by atoms with Crippen LogP contribution in [0.4, 0.5) is 4.39 Å². The molecule has 0 fully saturated rings. The van der Waals surface area contributed by atoms with Crippen LogP contribution in [0.2, 0.25) is 0 Å². The summed E-state index contributed by atoms with van der Waals surface area (Å²) in [5, 5.41) is 11.9. The van der Waals surface area contributed by atoms with Crippen LogP contribution in [0.1, 0.15) is 11.6 Å². The molecule has 0 saturated carbocycles. The van der Waals surface area contributed by atoms with E-state index in [1.54, 1.807) is 19.2 Å². The molecule has 0 aliphatic heterocycles. The number of nitrogens with one attached hydrogen (secondary N) is 1. The zero-order valence-electron chi connectivity index (χ0n) is 8.25. The third-order valence-electron chi connectivity index (χ3n) is 2.11. The van der Waals surface area contributed by atoms with E-state index in [1.807, 2.05) is 0 Å². The van der Waals surface area contributed by atoms with Gasteiger partial charge in [0.05, 0.1) is 19.8 Å². The first-order chi connectivity index (χ1) is 6.72. The Bertz CT molecular complexity index is 300. The highest BCUT2D eigenvalue weighted by Gasteiger charge is 2.10. The first-order valence-corrected chi connectivity index (χ1v) is 4.34. The summed E-state index contributed by atoms with van der Waals surface area (Å²) in [4.78, 5) is 0. The minimum atomic E-state index is -0.399. The van der Waals surface area contributed by atoms with E-state index in [9.17, 15) is 4.39 Å². The van der Waals surface area contributed by atoms with Gasteiger partial charge in [-0.05, 0) is 24.7 Å². The molecule has 0 saturated heterocycles. The van der Waals surface area contributed by atoms with Gasteiger partial charge < -0.3 is 15.2 Å². The first-order valence-electron chi connectivity index (χ1n) is 4.34. The van der Waals surface area contributed by atoms with Gasteiger partial charge in [-0.15, -0.1) is 0 Å². The Kier molecular flexibility index (Phi) is 3.85. The van der Waals surface area contributed by atoms with Crippen molar-refractivity contribution in [2.75, 3.05) is 20.8 Å². The van der Waals surface area contributed by atoms with Crippen LogP contribution in [0.25, 0.3) is 0 Å². The molecular formula is C10H14FNO2. The number of aliphatic hydroxyl groups is 1. The highest BCUT2D eigenvalue weighted by Crippen LogP contribution is 2.22. The van der Waals surface area contributed by atoms with E-state index in [2.05, 4.69) is 5.32 Å². The second-order valence-corrected chi connectivity index (χ2v) is 2.92. The lowest BCUT2D eigenvalue weighted by Crippen LogP contribution is -2.19. The fourth-order valence-electron chi connectivity index (χ4n) is 1.26. The van der Waals surface area contributed by atoms with Crippen LogP contribution in [0.15, 0.2) is 18.2 Å². The van der Waals surface area contributed by atoms with Crippen molar-refractivity contribution in [3.05, 3.63) is 29.6 Å². The molecule has 0 radical (unpaired) electrons. The molecule has 14 heavy (non-hydrogen) atoms. The van der Waals surface area contributed by atoms with Crippen molar-refractivity contribution in [1.29, 1.82) is 0 Å². The molecule has 0 heterocycles. The molecule has 0 bridgehead atoms. The Morgan fingerprint density at radius 1 is 1.57 bits per heavy atom. The van der Waals surface area contributed by atoms with Crippen LogP contribution in [0.5, 0.6) is 5.75 Å². The summed E-state index contributed by atoms with van der Waals surface area (Å²) >= 11 is 0. The fraction of sp³-hybridized carbons (Fsp3) is 0.400. The zero-order chi connectivity index (χ0) is 10.6. The van der Waals surface area contributed by atoms with E-state index in [0.29, 0.717) is 0 Å². The standard InChI is InChI=1S/C10H14FNO2/c1-12-9(6-13)7-3-4-8(11)10(5-7)14-2/h3-5,9,12-13H,6H2,1-2H3/t9-/m1/s1. The molecule has 1 aromatic carbocycles. The molecule has 1 rings (SSSR count). The highest BCUT2D eigenvalue weighted by atomic mass is 19.1. The van der Waals surface area contributed by atoms with Gasteiger partial charge in [0, 0.05) is 0 Å². The van der Waals surface area contributed by atoms with Gasteiger partial charge >= 0.3 is 0 Å². The highest BCUT2D eigenvalue weighted by molar-refractivity contribution is 5.32. The fourth-order valence-corrected chi connectivity index (χ4v) is 1.26. The van der Waals surface area contributed by atoms with Crippen molar-refractivity contribution in [3.63, 3.8) is 0 Å². The van der Waals surface area contributed by atoms with E-state index in [4.69, 9.17) is 9.84 Å². The average molecular weight is 199 g/mol. The van der Waals surface area contributed by atoms with Gasteiger partial charge in [-0.2, -0.15) is 0 Å². The van der Waals surface area contributed by atoms with Gasteiger partial charge in [-0.1, -0.05) is 6.07 Å². The van der Waals surface area contributed by atoms with E-state index < -0.39 is 5.82 Å². The summed E-state index contributed by atoms with van der Waals surface area (Å²) < 4.78 is 17.9. The third kappa shape index (κ3) is 2.21. The van der Waals surface area contributed by atoms with Crippen molar-refractivity contribution in [2.45, 2.75) is 6.04 Å². The van der Waals surface area contributed by atoms with Crippen LogP contribution >= 0.6 is 0 Å². The van der Waals surface area contributed by atoms with Crippen LogP contribution in [-0.2, 0) is 0 Å². The number of aliphatic hydroxyl groups excluding tert-OH is 1. The lowest BCUT2D eigenvalue weighted by atomic mass is 10.1. The number of hydrogen-bond donors (Lipinski definition) is 2. The number of likely N-dealkylation sites (N-methyl/N-ethyl adjacent to an activating group) is 1. The molecule has 1 aromatic rings. The molecule has 3 nitrogen and oxygen atoms in total. The summed E-state index contributed by atoms with van der Waals surface area (Å²) in [6, 6.07) is 4.33. The number of halogens is 1. The van der Waals surface area contributed by atoms with Crippen molar-refractivity contribution in [3.8, 4) is 5.75 Å². The van der Waals surface area contributed by atoms with E-state index in [1.165, 1.54) is 13.2 Å². The topological polar surface area (TPSA) is 41.5 Å². The SMILES string of the molecule is CN[C@H](CO)c1ccc(F)c(OC)c1. The number of methoxy groups -OCH3 is 1. The van der Waals surface area contributed by atoms with Crippen molar-refractivity contribution >= 4 is 0 Å². The normalized spacial score (nSPS) is 12.6. The Morgan fingerprint density at radius 3 is 2.79 bits per heavy atom. The van der Waals surface area contributed by atoms with Crippen LogP contribution < -0.4 is 10.1 Å². The summed E-state index contributed by atoms with van der Waals surface area (Å²) in [5.74, 6) is -0.208. The molecule has 2 N–H and O–H groups in total. The van der Waals surface area contributed by atoms with E-state index in [-0.39, 0.29) is 18.4 Å². The number of hydrogen-bond acceptors (Lipinski definition) is 3. The third-order valence-corrected chi connectivity index (χ3v) is 2.11. The maximum Gasteiger partial charge on any atom is 0.165 e. The maximum atomic E-state index is 13.0. The van der Waals surface area contributed by atoms with Crippen LogP contribution in [0.3, 0.4) is 0 Å². The minimum absolute atomic E-state index is 0.0364. The predicted octanol–water partition coefficient (Wildman–Crippen LogP) is 1.09. The zero-order valence-corrected chi connectivity index (χ0v) is 8.25. The Balaban J connectivity index is 2.98. The second-order valence-electron chi connectivity index (χ2n) is 2.92. The van der Waals surface area contributed by atoms with E-state index >= 15 is 0 Å². The largest absolute Gasteiger partial charge is 0.494 e. The molecule has 78 valence electrons. The summed E-state index contributed by atoms with van der Waals surface area (Å²) in [6.45, 7) is -0.0364. The summed E-state index contributed by atoms with van der Waals surface area (Å²) in [5.41, 5.74) is 0.799. The van der Waals surface area contributed by atoms with Crippen LogP contribution in [-0.4, -0.2) is 25.9 Å². The Labute approximate surface area is 82.5 Å².